The van der Waals surface area contributed by atoms with Gasteiger partial charge in [-0.2, -0.15) is 0 Å². The Morgan fingerprint density at radius 1 is 2.00 bits per heavy atom. The largest absolute Gasteiger partial charge is 0.425 e. The predicted octanol–water partition coefficient (Wildman–Crippen LogP) is -0.539. The first-order valence-electron chi connectivity index (χ1n) is 2.97. The summed E-state index contributed by atoms with van der Waals surface area (Å²) in [6.07, 6.45) is 2.04. The summed E-state index contributed by atoms with van der Waals surface area (Å²) < 4.78 is 10.2. The lowest BCUT2D eigenvalue weighted by Crippen LogP contribution is -2.08. The van der Waals surface area contributed by atoms with Gasteiger partial charge in [-0.1, -0.05) is 0 Å². The number of epoxide rings is 1. The van der Waals surface area contributed by atoms with Crippen LogP contribution in [0.3, 0.4) is 0 Å². The first kappa shape index (κ1) is 6.26. The van der Waals surface area contributed by atoms with Crippen LogP contribution in [0.4, 0.5) is 0 Å². The maximum absolute atomic E-state index is 5.16. The van der Waals surface area contributed by atoms with Crippen molar-refractivity contribution in [1.82, 2.24) is 0 Å². The van der Waals surface area contributed by atoms with Gasteiger partial charge in [0.25, 0.3) is 0 Å². The van der Waals surface area contributed by atoms with Crippen molar-refractivity contribution >= 4 is 10.5 Å². The molecule has 1 rings (SSSR count). The van der Waals surface area contributed by atoms with Gasteiger partial charge in [0, 0.05) is 12.5 Å². The van der Waals surface area contributed by atoms with Crippen molar-refractivity contribution in [2.24, 2.45) is 0 Å². The van der Waals surface area contributed by atoms with Gasteiger partial charge < -0.3 is 9.16 Å². The maximum Gasteiger partial charge on any atom is 0.146 e. The molecule has 2 nitrogen and oxygen atoms in total. The van der Waals surface area contributed by atoms with E-state index in [-0.39, 0.29) is 0 Å². The van der Waals surface area contributed by atoms with Crippen LogP contribution >= 0.6 is 0 Å². The molecule has 0 aromatic heterocycles. The van der Waals surface area contributed by atoms with Crippen molar-refractivity contribution in [3.63, 3.8) is 0 Å². The summed E-state index contributed by atoms with van der Waals surface area (Å²) in [5.74, 6) is 0. The molecule has 0 spiro atoms. The molecule has 1 aliphatic rings. The molecule has 8 heavy (non-hydrogen) atoms. The average molecular weight is 132 g/mol. The lowest BCUT2D eigenvalue weighted by atomic mass is 10.2. The van der Waals surface area contributed by atoms with Crippen molar-refractivity contribution in [2.45, 2.75) is 25.6 Å². The van der Waals surface area contributed by atoms with Gasteiger partial charge in [-0.3, -0.25) is 0 Å². The van der Waals surface area contributed by atoms with Crippen LogP contribution in [0, 0.1) is 0 Å². The first-order chi connectivity index (χ1) is 3.83. The van der Waals surface area contributed by atoms with E-state index in [2.05, 4.69) is 6.92 Å². The summed E-state index contributed by atoms with van der Waals surface area (Å²) in [5, 5.41) is 0. The summed E-state index contributed by atoms with van der Waals surface area (Å²) in [7, 11) is 0.851. The van der Waals surface area contributed by atoms with E-state index in [4.69, 9.17) is 9.16 Å². The van der Waals surface area contributed by atoms with Crippen LogP contribution in [-0.4, -0.2) is 29.3 Å². The molecule has 1 aliphatic heterocycles. The number of ether oxygens (including phenoxy) is 1. The molecule has 2 atom stereocenters. The molecule has 0 aromatic carbocycles. The third-order valence-electron chi connectivity index (χ3n) is 1.40. The predicted molar refractivity (Wildman–Crippen MR) is 34.8 cm³/mol. The van der Waals surface area contributed by atoms with E-state index in [1.54, 1.807) is 0 Å². The highest BCUT2D eigenvalue weighted by molar-refractivity contribution is 5.98. The molecule has 0 aromatic rings. The molecule has 1 heterocycles. The van der Waals surface area contributed by atoms with Crippen molar-refractivity contribution in [3.05, 3.63) is 0 Å². The van der Waals surface area contributed by atoms with Crippen molar-refractivity contribution in [1.29, 1.82) is 0 Å². The Kier molecular flexibility index (Phi) is 2.05. The van der Waals surface area contributed by atoms with E-state index in [0.29, 0.717) is 12.2 Å². The van der Waals surface area contributed by atoms with E-state index in [1.165, 1.54) is 0 Å². The Balaban J connectivity index is 1.98. The Labute approximate surface area is 52.7 Å². The van der Waals surface area contributed by atoms with E-state index >= 15 is 0 Å². The molecule has 3 heteroatoms. The smallest absolute Gasteiger partial charge is 0.146 e. The Bertz CT molecular complexity index is 72.8. The quantitative estimate of drug-likeness (QED) is 0.380. The number of rotatable bonds is 3. The van der Waals surface area contributed by atoms with Gasteiger partial charge in [0.05, 0.1) is 12.7 Å². The van der Waals surface area contributed by atoms with Gasteiger partial charge >= 0.3 is 0 Å². The summed E-state index contributed by atoms with van der Waals surface area (Å²) in [5.41, 5.74) is 0. The number of hydrogen-bond acceptors (Lipinski definition) is 2. The fourth-order valence-electron chi connectivity index (χ4n) is 0.671. The second-order valence-electron chi connectivity index (χ2n) is 2.24. The maximum atomic E-state index is 5.16. The van der Waals surface area contributed by atoms with Crippen LogP contribution in [0.2, 0.25) is 0 Å². The van der Waals surface area contributed by atoms with Crippen molar-refractivity contribution < 1.29 is 9.16 Å². The molecule has 0 bridgehead atoms. The minimum Gasteiger partial charge on any atom is -0.425 e. The van der Waals surface area contributed by atoms with Gasteiger partial charge in [-0.25, -0.2) is 0 Å². The third kappa shape index (κ3) is 1.94. The summed E-state index contributed by atoms with van der Waals surface area (Å²) >= 11 is 0. The Morgan fingerprint density at radius 2 is 2.62 bits per heavy atom. The van der Waals surface area contributed by atoms with Crippen LogP contribution in [0.25, 0.3) is 0 Å². The minimum absolute atomic E-state index is 0.425. The third-order valence-corrected chi connectivity index (χ3v) is 2.20. The molecule has 1 saturated heterocycles. The molecule has 48 valence electrons. The van der Waals surface area contributed by atoms with Crippen molar-refractivity contribution in [2.75, 3.05) is 6.61 Å². The standard InChI is InChI=1S/C5H12O2Si/c1-4(7-8)2-5-3-6-5/h4-5H,2-3H2,1,8H3. The second-order valence-corrected chi connectivity index (χ2v) is 2.71. The lowest BCUT2D eigenvalue weighted by molar-refractivity contribution is 0.212. The van der Waals surface area contributed by atoms with Crippen molar-refractivity contribution in [3.8, 4) is 0 Å². The fourth-order valence-corrected chi connectivity index (χ4v) is 0.863. The molecule has 0 amide bonds. The van der Waals surface area contributed by atoms with E-state index in [0.717, 1.165) is 23.5 Å². The summed E-state index contributed by atoms with van der Waals surface area (Å²) in [6.45, 7) is 3.05. The lowest BCUT2D eigenvalue weighted by Gasteiger charge is -2.05. The highest BCUT2D eigenvalue weighted by Crippen LogP contribution is 2.16. The Hall–Kier alpha value is 0.137. The van der Waals surface area contributed by atoms with Crippen LogP contribution in [0.1, 0.15) is 13.3 Å². The van der Waals surface area contributed by atoms with Gasteiger partial charge in [-0.15, -0.1) is 0 Å². The van der Waals surface area contributed by atoms with Gasteiger partial charge in [0.15, 0.2) is 0 Å². The van der Waals surface area contributed by atoms with Gasteiger partial charge in [0.1, 0.15) is 10.5 Å². The highest BCUT2D eigenvalue weighted by Gasteiger charge is 2.24. The molecule has 0 radical (unpaired) electrons. The summed E-state index contributed by atoms with van der Waals surface area (Å²) in [6, 6.07) is 0. The summed E-state index contributed by atoms with van der Waals surface area (Å²) in [4.78, 5) is 0. The monoisotopic (exact) mass is 132 g/mol. The molecular formula is C5H12O2Si. The first-order valence-corrected chi connectivity index (χ1v) is 3.79. The van der Waals surface area contributed by atoms with E-state index < -0.39 is 0 Å². The molecule has 1 fully saturated rings. The molecule has 2 unspecified atom stereocenters. The topological polar surface area (TPSA) is 21.8 Å². The van der Waals surface area contributed by atoms with Gasteiger partial charge in [0.2, 0.25) is 0 Å². The number of hydrogen-bond donors (Lipinski definition) is 0. The minimum atomic E-state index is 0.425. The van der Waals surface area contributed by atoms with Gasteiger partial charge in [-0.05, 0) is 6.92 Å². The fraction of sp³-hybridized carbons (Fsp3) is 1.00. The normalized spacial score (nSPS) is 30.4. The zero-order valence-electron chi connectivity index (χ0n) is 5.39. The van der Waals surface area contributed by atoms with E-state index in [1.807, 2.05) is 0 Å². The molecule has 0 aliphatic carbocycles. The Morgan fingerprint density at radius 3 is 3.00 bits per heavy atom. The van der Waals surface area contributed by atoms with Crippen LogP contribution in [0.5, 0.6) is 0 Å². The zero-order chi connectivity index (χ0) is 5.98. The SMILES string of the molecule is CC(CC1CO1)O[SiH3]. The van der Waals surface area contributed by atoms with Crippen LogP contribution in [-0.2, 0) is 9.16 Å². The average Bonchev–Trinajstić information content (AvgIpc) is 2.50. The molecule has 0 N–H and O–H groups in total. The van der Waals surface area contributed by atoms with E-state index in [9.17, 15) is 0 Å². The second kappa shape index (κ2) is 2.62. The van der Waals surface area contributed by atoms with Crippen LogP contribution < -0.4 is 0 Å². The van der Waals surface area contributed by atoms with Crippen LogP contribution in [0.15, 0.2) is 0 Å². The molecular weight excluding hydrogens is 120 g/mol. The molecule has 0 saturated carbocycles. The zero-order valence-corrected chi connectivity index (χ0v) is 7.39. The highest BCUT2D eigenvalue weighted by atomic mass is 28.2.